The van der Waals surface area contributed by atoms with Crippen LogP contribution in [0.2, 0.25) is 0 Å². The second kappa shape index (κ2) is 71.8. The molecule has 0 aromatic rings. The molecule has 0 aliphatic heterocycles. The maximum Gasteiger partial charge on any atom is 0.306 e. The van der Waals surface area contributed by atoms with E-state index in [2.05, 4.69) is 69.4 Å². The molecule has 0 rings (SSSR count). The lowest BCUT2D eigenvalue weighted by Gasteiger charge is -2.18. The first-order valence-electron chi connectivity index (χ1n) is 37.1. The highest BCUT2D eigenvalue weighted by molar-refractivity contribution is 5.71. The van der Waals surface area contributed by atoms with Crippen LogP contribution in [0, 0.1) is 0 Å². The first-order valence-corrected chi connectivity index (χ1v) is 37.1. The normalized spacial score (nSPS) is 12.3. The zero-order valence-corrected chi connectivity index (χ0v) is 56.0. The van der Waals surface area contributed by atoms with Crippen LogP contribution in [-0.4, -0.2) is 37.2 Å². The number of allylic oxidation sites excluding steroid dienone is 8. The zero-order chi connectivity index (χ0) is 59.9. The SMILES string of the molecule is CCCCCCC/C=C\C/C=C\C/C=C\CCCCCCCCCCCCC(=O)OC(COC(=O)CCCCCCCCC)COC(=O)CCCCCCCCCCCCCCCCCCCCCCC/C=C\CCCCCCCCCC. The molecule has 486 valence electrons. The Bertz CT molecular complexity index is 1430. The fourth-order valence-corrected chi connectivity index (χ4v) is 11.2. The summed E-state index contributed by atoms with van der Waals surface area (Å²) in [4.78, 5) is 38.2. The largest absolute Gasteiger partial charge is 0.462 e. The third kappa shape index (κ3) is 70.0. The van der Waals surface area contributed by atoms with E-state index in [0.717, 1.165) is 70.6 Å². The molecular weight excluding hydrogens is 1020 g/mol. The molecule has 0 amide bonds. The third-order valence-corrected chi connectivity index (χ3v) is 16.8. The van der Waals surface area contributed by atoms with Gasteiger partial charge in [-0.1, -0.05) is 352 Å². The minimum Gasteiger partial charge on any atom is -0.462 e. The molecule has 83 heavy (non-hydrogen) atoms. The highest BCUT2D eigenvalue weighted by atomic mass is 16.6. The molecule has 0 N–H and O–H groups in total. The van der Waals surface area contributed by atoms with Crippen molar-refractivity contribution in [3.05, 3.63) is 48.6 Å². The van der Waals surface area contributed by atoms with Crippen molar-refractivity contribution >= 4 is 17.9 Å². The molecule has 0 spiro atoms. The van der Waals surface area contributed by atoms with Crippen molar-refractivity contribution < 1.29 is 28.6 Å². The molecule has 0 fully saturated rings. The molecule has 0 aromatic carbocycles. The fourth-order valence-electron chi connectivity index (χ4n) is 11.2. The van der Waals surface area contributed by atoms with Crippen molar-refractivity contribution in [1.29, 1.82) is 0 Å². The first-order chi connectivity index (χ1) is 41.0. The molecule has 6 nitrogen and oxygen atoms in total. The second-order valence-electron chi connectivity index (χ2n) is 25.2. The number of unbranched alkanes of at least 4 members (excludes halogenated alkanes) is 50. The predicted octanol–water partition coefficient (Wildman–Crippen LogP) is 25.7. The van der Waals surface area contributed by atoms with Gasteiger partial charge in [-0.25, -0.2) is 0 Å². The quantitative estimate of drug-likeness (QED) is 0.0261. The molecule has 0 radical (unpaired) electrons. The smallest absolute Gasteiger partial charge is 0.306 e. The average molecular weight is 1160 g/mol. The summed E-state index contributed by atoms with van der Waals surface area (Å²) in [5, 5.41) is 0. The van der Waals surface area contributed by atoms with Gasteiger partial charge in [-0.05, 0) is 83.5 Å². The molecule has 0 aliphatic rings. The van der Waals surface area contributed by atoms with Gasteiger partial charge in [0.2, 0.25) is 0 Å². The van der Waals surface area contributed by atoms with E-state index in [4.69, 9.17) is 14.2 Å². The van der Waals surface area contributed by atoms with Crippen molar-refractivity contribution in [2.75, 3.05) is 13.2 Å². The van der Waals surface area contributed by atoms with Crippen molar-refractivity contribution in [3.63, 3.8) is 0 Å². The van der Waals surface area contributed by atoms with Crippen LogP contribution in [0.25, 0.3) is 0 Å². The maximum absolute atomic E-state index is 12.9. The Hall–Kier alpha value is -2.63. The van der Waals surface area contributed by atoms with Crippen LogP contribution >= 0.6 is 0 Å². The molecule has 0 saturated heterocycles. The van der Waals surface area contributed by atoms with E-state index in [1.54, 1.807) is 0 Å². The molecule has 6 heteroatoms. The Labute approximate surface area is 518 Å². The Balaban J connectivity index is 3.99. The summed E-state index contributed by atoms with van der Waals surface area (Å²) in [5.41, 5.74) is 0. The van der Waals surface area contributed by atoms with Crippen molar-refractivity contribution in [2.45, 2.75) is 412 Å². The number of ether oxygens (including phenoxy) is 3. The van der Waals surface area contributed by atoms with Gasteiger partial charge in [-0.3, -0.25) is 14.4 Å². The van der Waals surface area contributed by atoms with E-state index in [1.807, 2.05) is 0 Å². The number of hydrogen-bond acceptors (Lipinski definition) is 6. The average Bonchev–Trinajstić information content (AvgIpc) is 3.50. The van der Waals surface area contributed by atoms with Gasteiger partial charge < -0.3 is 14.2 Å². The predicted molar refractivity (Wildman–Crippen MR) is 362 cm³/mol. The van der Waals surface area contributed by atoms with E-state index >= 15 is 0 Å². The molecule has 0 aliphatic carbocycles. The van der Waals surface area contributed by atoms with Gasteiger partial charge >= 0.3 is 17.9 Å². The topological polar surface area (TPSA) is 78.9 Å². The number of esters is 3. The lowest BCUT2D eigenvalue weighted by atomic mass is 10.0. The van der Waals surface area contributed by atoms with Crippen molar-refractivity contribution in [2.24, 2.45) is 0 Å². The number of carbonyl (C=O) groups is 3. The lowest BCUT2D eigenvalue weighted by Crippen LogP contribution is -2.30. The Morgan fingerprint density at radius 1 is 0.241 bits per heavy atom. The molecule has 0 aromatic heterocycles. The van der Waals surface area contributed by atoms with Gasteiger partial charge in [0.1, 0.15) is 13.2 Å². The minimum absolute atomic E-state index is 0.0699. The number of rotatable bonds is 69. The van der Waals surface area contributed by atoms with E-state index in [9.17, 15) is 14.4 Å². The van der Waals surface area contributed by atoms with Gasteiger partial charge in [0, 0.05) is 19.3 Å². The van der Waals surface area contributed by atoms with E-state index in [-0.39, 0.29) is 31.1 Å². The molecule has 1 atom stereocenters. The Morgan fingerprint density at radius 3 is 0.687 bits per heavy atom. The third-order valence-electron chi connectivity index (χ3n) is 16.8. The zero-order valence-electron chi connectivity index (χ0n) is 56.0. The first kappa shape index (κ1) is 80.4. The summed E-state index contributed by atoms with van der Waals surface area (Å²) in [6.45, 7) is 6.65. The van der Waals surface area contributed by atoms with Gasteiger partial charge in [0.15, 0.2) is 6.10 Å². The summed E-state index contributed by atoms with van der Waals surface area (Å²) in [6, 6.07) is 0. The summed E-state index contributed by atoms with van der Waals surface area (Å²) in [7, 11) is 0. The van der Waals surface area contributed by atoms with Crippen molar-refractivity contribution in [1.82, 2.24) is 0 Å². The Morgan fingerprint density at radius 2 is 0.434 bits per heavy atom. The van der Waals surface area contributed by atoms with Crippen LogP contribution in [-0.2, 0) is 28.6 Å². The second-order valence-corrected chi connectivity index (χ2v) is 25.2. The van der Waals surface area contributed by atoms with Gasteiger partial charge in [0.05, 0.1) is 0 Å². The number of hydrogen-bond donors (Lipinski definition) is 0. The fraction of sp³-hybridized carbons (Fsp3) is 0.857. The summed E-state index contributed by atoms with van der Waals surface area (Å²) < 4.78 is 16.9. The molecule has 0 saturated carbocycles. The van der Waals surface area contributed by atoms with Crippen LogP contribution < -0.4 is 0 Å². The summed E-state index contributed by atoms with van der Waals surface area (Å²) in [5.74, 6) is -0.856. The highest BCUT2D eigenvalue weighted by Gasteiger charge is 2.19. The monoisotopic (exact) mass is 1160 g/mol. The van der Waals surface area contributed by atoms with Gasteiger partial charge in [0.25, 0.3) is 0 Å². The minimum atomic E-state index is -0.772. The van der Waals surface area contributed by atoms with Crippen LogP contribution in [0.15, 0.2) is 48.6 Å². The van der Waals surface area contributed by atoms with E-state index < -0.39 is 6.10 Å². The van der Waals surface area contributed by atoms with Crippen LogP contribution in [0.3, 0.4) is 0 Å². The Kier molecular flexibility index (Phi) is 69.6. The summed E-state index contributed by atoms with van der Waals surface area (Å²) >= 11 is 0. The van der Waals surface area contributed by atoms with Crippen LogP contribution in [0.5, 0.6) is 0 Å². The molecule has 0 heterocycles. The van der Waals surface area contributed by atoms with Gasteiger partial charge in [-0.2, -0.15) is 0 Å². The standard InChI is InChI=1S/C77H142O6/c1-4-7-10-13-16-18-20-22-24-26-28-30-32-34-35-36-37-38-39-40-41-43-44-46-48-50-52-54-56-58-61-64-67-70-76(79)82-73-74(72-81-75(78)69-66-63-60-15-12-9-6-3)83-77(80)71-68-65-62-59-57-55-53-51-49-47-45-42-33-31-29-27-25-23-21-19-17-14-11-8-5-2/h21,23,26-29,33,42,74H,4-20,22,24-25,30-32,34-41,43-73H2,1-3H3/b23-21-,28-26-,29-27-,42-33-. The highest BCUT2D eigenvalue weighted by Crippen LogP contribution is 2.19. The van der Waals surface area contributed by atoms with Crippen LogP contribution in [0.1, 0.15) is 406 Å². The van der Waals surface area contributed by atoms with Gasteiger partial charge in [-0.15, -0.1) is 0 Å². The number of carbonyl (C=O) groups excluding carboxylic acids is 3. The maximum atomic E-state index is 12.9. The van der Waals surface area contributed by atoms with E-state index in [0.29, 0.717) is 19.3 Å². The van der Waals surface area contributed by atoms with Crippen LogP contribution in [0.4, 0.5) is 0 Å². The molecule has 1 unspecified atom stereocenters. The molecule has 0 bridgehead atoms. The van der Waals surface area contributed by atoms with Crippen molar-refractivity contribution in [3.8, 4) is 0 Å². The molecular formula is C77H142O6. The van der Waals surface area contributed by atoms with E-state index in [1.165, 1.54) is 295 Å². The lowest BCUT2D eigenvalue weighted by molar-refractivity contribution is -0.167. The summed E-state index contributed by atoms with van der Waals surface area (Å²) in [6.07, 6.45) is 91.9.